The average Bonchev–Trinajstić information content (AvgIpc) is 2.35. The van der Waals surface area contributed by atoms with E-state index in [9.17, 15) is 9.90 Å². The van der Waals surface area contributed by atoms with Gasteiger partial charge in [0, 0.05) is 6.04 Å². The zero-order chi connectivity index (χ0) is 12.3. The molecule has 1 saturated carbocycles. The van der Waals surface area contributed by atoms with Gasteiger partial charge in [-0.15, -0.1) is 0 Å². The van der Waals surface area contributed by atoms with Crippen molar-refractivity contribution in [2.24, 2.45) is 5.92 Å². The smallest absolute Gasteiger partial charge is 0.237 e. The number of hydrogen-bond acceptors (Lipinski definition) is 3. The van der Waals surface area contributed by atoms with Crippen molar-refractivity contribution in [1.82, 2.24) is 10.6 Å². The minimum Gasteiger partial charge on any atom is -0.393 e. The van der Waals surface area contributed by atoms with Crippen molar-refractivity contribution in [2.45, 2.75) is 63.6 Å². The molecule has 4 heteroatoms. The Morgan fingerprint density at radius 1 is 1.29 bits per heavy atom. The molecule has 1 amide bonds. The number of rotatable bonds is 2. The first-order valence-electron chi connectivity index (χ1n) is 6.88. The third-order valence-electron chi connectivity index (χ3n) is 4.10. The first kappa shape index (κ1) is 12.8. The highest BCUT2D eigenvalue weighted by molar-refractivity contribution is 5.82. The summed E-state index contributed by atoms with van der Waals surface area (Å²) in [6.07, 6.45) is 5.71. The highest BCUT2D eigenvalue weighted by Gasteiger charge is 2.29. The summed E-state index contributed by atoms with van der Waals surface area (Å²) >= 11 is 0. The van der Waals surface area contributed by atoms with Crippen LogP contribution in [0.25, 0.3) is 0 Å². The first-order valence-corrected chi connectivity index (χ1v) is 6.88. The third-order valence-corrected chi connectivity index (χ3v) is 4.10. The molecule has 1 aliphatic carbocycles. The van der Waals surface area contributed by atoms with Gasteiger partial charge in [-0.3, -0.25) is 4.79 Å². The predicted molar refractivity (Wildman–Crippen MR) is 66.6 cm³/mol. The lowest BCUT2D eigenvalue weighted by molar-refractivity contribution is -0.125. The molecule has 0 aromatic heterocycles. The number of carbonyl (C=O) groups excluding carboxylic acids is 1. The molecule has 1 heterocycles. The van der Waals surface area contributed by atoms with E-state index in [-0.39, 0.29) is 24.1 Å². The normalized spacial score (nSPS) is 38.7. The highest BCUT2D eigenvalue weighted by Crippen LogP contribution is 2.24. The van der Waals surface area contributed by atoms with Gasteiger partial charge in [0.05, 0.1) is 12.1 Å². The Hall–Kier alpha value is -0.610. The summed E-state index contributed by atoms with van der Waals surface area (Å²) in [5.41, 5.74) is 0. The summed E-state index contributed by atoms with van der Waals surface area (Å²) in [4.78, 5) is 12.0. The molecule has 0 aromatic rings. The second-order valence-corrected chi connectivity index (χ2v) is 5.57. The minimum atomic E-state index is -0.184. The van der Waals surface area contributed by atoms with Gasteiger partial charge in [0.2, 0.25) is 5.91 Å². The molecular weight excluding hydrogens is 216 g/mol. The number of carbonyl (C=O) groups is 1. The Balaban J connectivity index is 1.78. The number of amides is 1. The van der Waals surface area contributed by atoms with Gasteiger partial charge in [-0.05, 0) is 44.6 Å². The largest absolute Gasteiger partial charge is 0.393 e. The quantitative estimate of drug-likeness (QED) is 0.669. The Labute approximate surface area is 103 Å². The lowest BCUT2D eigenvalue weighted by atomic mass is 9.84. The maximum absolute atomic E-state index is 12.0. The molecule has 4 atom stereocenters. The summed E-state index contributed by atoms with van der Waals surface area (Å²) in [5.74, 6) is 0.451. The fourth-order valence-electron chi connectivity index (χ4n) is 2.89. The van der Waals surface area contributed by atoms with E-state index >= 15 is 0 Å². The molecule has 4 nitrogen and oxygen atoms in total. The fourth-order valence-corrected chi connectivity index (χ4v) is 2.89. The Bertz CT molecular complexity index is 264. The second-order valence-electron chi connectivity index (χ2n) is 5.57. The zero-order valence-electron chi connectivity index (χ0n) is 10.6. The van der Waals surface area contributed by atoms with Crippen molar-refractivity contribution >= 4 is 5.91 Å². The van der Waals surface area contributed by atoms with Crippen molar-refractivity contribution in [1.29, 1.82) is 0 Å². The molecule has 1 unspecified atom stereocenters. The second kappa shape index (κ2) is 5.83. The van der Waals surface area contributed by atoms with Crippen LogP contribution in [0, 0.1) is 5.92 Å². The molecule has 0 bridgehead atoms. The molecule has 2 rings (SSSR count). The monoisotopic (exact) mass is 240 g/mol. The van der Waals surface area contributed by atoms with Gasteiger partial charge in [-0.1, -0.05) is 13.3 Å². The first-order chi connectivity index (χ1) is 8.16. The third kappa shape index (κ3) is 3.42. The summed E-state index contributed by atoms with van der Waals surface area (Å²) in [6, 6.07) is 0.260. The van der Waals surface area contributed by atoms with Crippen LogP contribution in [0.2, 0.25) is 0 Å². The molecule has 17 heavy (non-hydrogen) atoms. The van der Waals surface area contributed by atoms with Crippen LogP contribution < -0.4 is 10.6 Å². The maximum Gasteiger partial charge on any atom is 0.237 e. The van der Waals surface area contributed by atoms with Crippen molar-refractivity contribution in [2.75, 3.05) is 6.54 Å². The summed E-state index contributed by atoms with van der Waals surface area (Å²) in [5, 5.41) is 16.0. The summed E-state index contributed by atoms with van der Waals surface area (Å²) < 4.78 is 0. The molecule has 2 fully saturated rings. The maximum atomic E-state index is 12.0. The molecule has 1 saturated heterocycles. The van der Waals surface area contributed by atoms with Crippen molar-refractivity contribution in [3.8, 4) is 0 Å². The molecule has 0 radical (unpaired) electrons. The van der Waals surface area contributed by atoms with E-state index in [1.165, 1.54) is 6.42 Å². The molecular formula is C13H24N2O2. The van der Waals surface area contributed by atoms with E-state index in [1.807, 2.05) is 0 Å². The van der Waals surface area contributed by atoms with Crippen LogP contribution >= 0.6 is 0 Å². The number of piperidine rings is 1. The van der Waals surface area contributed by atoms with Gasteiger partial charge in [0.25, 0.3) is 0 Å². The van der Waals surface area contributed by atoms with E-state index in [1.54, 1.807) is 0 Å². The van der Waals surface area contributed by atoms with Crippen LogP contribution in [0.4, 0.5) is 0 Å². The van der Waals surface area contributed by atoms with E-state index in [4.69, 9.17) is 0 Å². The highest BCUT2D eigenvalue weighted by atomic mass is 16.3. The number of hydrogen-bond donors (Lipinski definition) is 3. The summed E-state index contributed by atoms with van der Waals surface area (Å²) in [7, 11) is 0. The van der Waals surface area contributed by atoms with Gasteiger partial charge in [0.1, 0.15) is 0 Å². The Morgan fingerprint density at radius 2 is 2.12 bits per heavy atom. The molecule has 1 aliphatic heterocycles. The van der Waals surface area contributed by atoms with Crippen LogP contribution in [0.15, 0.2) is 0 Å². The lowest BCUT2D eigenvalue weighted by Gasteiger charge is -2.33. The predicted octanol–water partition coefficient (Wildman–Crippen LogP) is 0.794. The Morgan fingerprint density at radius 3 is 2.76 bits per heavy atom. The molecule has 98 valence electrons. The SMILES string of the molecule is CC1C[C@H](NC(=O)[C@H]2CCCCN2)CC[C@@H]1O. The van der Waals surface area contributed by atoms with Gasteiger partial charge in [-0.25, -0.2) is 0 Å². The molecule has 0 aromatic carbocycles. The van der Waals surface area contributed by atoms with Gasteiger partial charge in [-0.2, -0.15) is 0 Å². The Kier molecular flexibility index (Phi) is 4.40. The number of aliphatic hydroxyl groups is 1. The van der Waals surface area contributed by atoms with Gasteiger partial charge in [0.15, 0.2) is 0 Å². The van der Waals surface area contributed by atoms with Crippen LogP contribution in [0.3, 0.4) is 0 Å². The minimum absolute atomic E-state index is 0.00547. The van der Waals surface area contributed by atoms with Crippen molar-refractivity contribution in [3.05, 3.63) is 0 Å². The van der Waals surface area contributed by atoms with Crippen LogP contribution in [0.5, 0.6) is 0 Å². The van der Waals surface area contributed by atoms with E-state index in [2.05, 4.69) is 17.6 Å². The van der Waals surface area contributed by atoms with Crippen LogP contribution in [-0.4, -0.2) is 35.7 Å². The van der Waals surface area contributed by atoms with E-state index in [0.717, 1.165) is 38.6 Å². The van der Waals surface area contributed by atoms with Gasteiger partial charge < -0.3 is 15.7 Å². The summed E-state index contributed by atoms with van der Waals surface area (Å²) in [6.45, 7) is 3.01. The standard InChI is InChI=1S/C13H24N2O2/c1-9-8-10(5-6-12(9)16)15-13(17)11-4-2-3-7-14-11/h9-12,14,16H,2-8H2,1H3,(H,15,17)/t9?,10-,11-,12+/m1/s1. The molecule has 2 aliphatic rings. The van der Waals surface area contributed by atoms with Gasteiger partial charge >= 0.3 is 0 Å². The zero-order valence-corrected chi connectivity index (χ0v) is 10.6. The molecule has 3 N–H and O–H groups in total. The lowest BCUT2D eigenvalue weighted by Crippen LogP contribution is -2.51. The topological polar surface area (TPSA) is 61.4 Å². The van der Waals surface area contributed by atoms with Crippen molar-refractivity contribution in [3.63, 3.8) is 0 Å². The van der Waals surface area contributed by atoms with Crippen molar-refractivity contribution < 1.29 is 9.90 Å². The van der Waals surface area contributed by atoms with Crippen LogP contribution in [0.1, 0.15) is 45.4 Å². The molecule has 0 spiro atoms. The van der Waals surface area contributed by atoms with E-state index in [0.29, 0.717) is 5.92 Å². The number of nitrogens with one attached hydrogen (secondary N) is 2. The van der Waals surface area contributed by atoms with E-state index < -0.39 is 0 Å². The number of aliphatic hydroxyl groups excluding tert-OH is 1. The fraction of sp³-hybridized carbons (Fsp3) is 0.923. The average molecular weight is 240 g/mol. The van der Waals surface area contributed by atoms with Crippen LogP contribution in [-0.2, 0) is 4.79 Å².